The van der Waals surface area contributed by atoms with Gasteiger partial charge in [-0.05, 0) is 53.8 Å². The maximum atomic E-state index is 12.4. The number of hydrogen-bond donors (Lipinski definition) is 1. The van der Waals surface area contributed by atoms with Crippen molar-refractivity contribution in [2.24, 2.45) is 0 Å². The van der Waals surface area contributed by atoms with Crippen LogP contribution in [-0.2, 0) is 9.53 Å². The minimum absolute atomic E-state index is 0.00495. The number of carbonyl (C=O) groups is 2. The first-order chi connectivity index (χ1) is 13.9. The van der Waals surface area contributed by atoms with Crippen molar-refractivity contribution in [3.63, 3.8) is 0 Å². The number of nitrogens with one attached hydrogen (secondary N) is 1. The number of hydrogen-bond acceptors (Lipinski definition) is 4. The number of anilines is 1. The zero-order valence-corrected chi connectivity index (χ0v) is 17.1. The first kappa shape index (κ1) is 21.9. The Kier molecular flexibility index (Phi) is 8.17. The predicted molar refractivity (Wildman–Crippen MR) is 114 cm³/mol. The van der Waals surface area contributed by atoms with Crippen LogP contribution in [0.3, 0.4) is 0 Å². The van der Waals surface area contributed by atoms with Crippen LogP contribution in [0.15, 0.2) is 54.1 Å². The van der Waals surface area contributed by atoms with E-state index in [9.17, 15) is 14.9 Å². The Morgan fingerprint density at radius 2 is 1.76 bits per heavy atom. The molecule has 2 rings (SSSR count). The summed E-state index contributed by atoms with van der Waals surface area (Å²) in [6, 6.07) is 16.1. The standard InChI is InChI=1S/C24H26N2O3/c1-4-5-14-29-24(28)20-10-12-22(13-11-20)26-23(27)21(16-25)15-18-6-8-19(9-7-18)17(2)3/h6-13,15,17H,4-5,14H2,1-3H3,(H,26,27)/b21-15+. The van der Waals surface area contributed by atoms with Crippen molar-refractivity contribution in [1.29, 1.82) is 5.26 Å². The summed E-state index contributed by atoms with van der Waals surface area (Å²) in [5, 5.41) is 12.0. The highest BCUT2D eigenvalue weighted by Crippen LogP contribution is 2.17. The Bertz CT molecular complexity index is 905. The maximum absolute atomic E-state index is 12.4. The number of amides is 1. The van der Waals surface area contributed by atoms with Crippen LogP contribution in [0, 0.1) is 11.3 Å². The molecule has 5 heteroatoms. The summed E-state index contributed by atoms with van der Waals surface area (Å²) >= 11 is 0. The number of ether oxygens (including phenoxy) is 1. The highest BCUT2D eigenvalue weighted by molar-refractivity contribution is 6.09. The fourth-order valence-electron chi connectivity index (χ4n) is 2.57. The third-order valence-corrected chi connectivity index (χ3v) is 4.39. The van der Waals surface area contributed by atoms with Gasteiger partial charge in [-0.25, -0.2) is 4.79 Å². The zero-order chi connectivity index (χ0) is 21.2. The van der Waals surface area contributed by atoms with Crippen molar-refractivity contribution in [1.82, 2.24) is 0 Å². The first-order valence-corrected chi connectivity index (χ1v) is 9.75. The number of carbonyl (C=O) groups excluding carboxylic acids is 2. The predicted octanol–water partition coefficient (Wildman–Crippen LogP) is 5.31. The van der Waals surface area contributed by atoms with Gasteiger partial charge in [-0.2, -0.15) is 5.26 Å². The second-order valence-corrected chi connectivity index (χ2v) is 7.01. The van der Waals surface area contributed by atoms with Crippen LogP contribution in [-0.4, -0.2) is 18.5 Å². The lowest BCUT2D eigenvalue weighted by Crippen LogP contribution is -2.13. The lowest BCUT2D eigenvalue weighted by molar-refractivity contribution is -0.112. The summed E-state index contributed by atoms with van der Waals surface area (Å²) in [7, 11) is 0. The molecule has 0 atom stereocenters. The molecule has 0 aliphatic heterocycles. The summed E-state index contributed by atoms with van der Waals surface area (Å²) in [4.78, 5) is 24.3. The molecule has 2 aromatic carbocycles. The van der Waals surface area contributed by atoms with E-state index >= 15 is 0 Å². The van der Waals surface area contributed by atoms with Crippen molar-refractivity contribution in [3.05, 3.63) is 70.8 Å². The Labute approximate surface area is 172 Å². The molecule has 0 radical (unpaired) electrons. The van der Waals surface area contributed by atoms with Crippen LogP contribution in [0.4, 0.5) is 5.69 Å². The average molecular weight is 390 g/mol. The van der Waals surface area contributed by atoms with Gasteiger partial charge >= 0.3 is 5.97 Å². The van der Waals surface area contributed by atoms with Crippen LogP contribution in [0.2, 0.25) is 0 Å². The van der Waals surface area contributed by atoms with E-state index in [2.05, 4.69) is 19.2 Å². The molecule has 0 aromatic heterocycles. The van der Waals surface area contributed by atoms with E-state index in [1.165, 1.54) is 5.56 Å². The lowest BCUT2D eigenvalue weighted by Gasteiger charge is -2.07. The number of benzene rings is 2. The summed E-state index contributed by atoms with van der Waals surface area (Å²) < 4.78 is 5.16. The van der Waals surface area contributed by atoms with Crippen LogP contribution >= 0.6 is 0 Å². The Hall–Kier alpha value is -3.39. The summed E-state index contributed by atoms with van der Waals surface area (Å²) in [5.74, 6) is -0.476. The highest BCUT2D eigenvalue weighted by Gasteiger charge is 2.11. The van der Waals surface area contributed by atoms with E-state index in [4.69, 9.17) is 4.74 Å². The summed E-state index contributed by atoms with van der Waals surface area (Å²) in [6.07, 6.45) is 3.33. The molecular weight excluding hydrogens is 364 g/mol. The number of nitrogens with zero attached hydrogens (tertiary/aromatic N) is 1. The van der Waals surface area contributed by atoms with Crippen molar-refractivity contribution in [3.8, 4) is 6.07 Å². The maximum Gasteiger partial charge on any atom is 0.338 e. The Balaban J connectivity index is 2.03. The van der Waals surface area contributed by atoms with E-state index in [-0.39, 0.29) is 5.57 Å². The molecule has 1 N–H and O–H groups in total. The Morgan fingerprint density at radius 3 is 2.31 bits per heavy atom. The van der Waals surface area contributed by atoms with E-state index < -0.39 is 11.9 Å². The number of rotatable bonds is 8. The molecule has 0 unspecified atom stereocenters. The fraction of sp³-hybridized carbons (Fsp3) is 0.292. The molecule has 29 heavy (non-hydrogen) atoms. The van der Waals surface area contributed by atoms with Gasteiger partial charge in [-0.3, -0.25) is 4.79 Å². The van der Waals surface area contributed by atoms with E-state index in [0.29, 0.717) is 23.8 Å². The van der Waals surface area contributed by atoms with Gasteiger partial charge in [0.25, 0.3) is 5.91 Å². The quantitative estimate of drug-likeness (QED) is 0.287. The first-order valence-electron chi connectivity index (χ1n) is 9.75. The minimum Gasteiger partial charge on any atom is -0.462 e. The van der Waals surface area contributed by atoms with E-state index in [1.54, 1.807) is 30.3 Å². The lowest BCUT2D eigenvalue weighted by atomic mass is 10.0. The number of nitriles is 1. The van der Waals surface area contributed by atoms with Gasteiger partial charge in [0, 0.05) is 5.69 Å². The third kappa shape index (κ3) is 6.62. The van der Waals surface area contributed by atoms with Gasteiger partial charge < -0.3 is 10.1 Å². The molecule has 150 valence electrons. The van der Waals surface area contributed by atoms with Gasteiger partial charge in [0.15, 0.2) is 0 Å². The molecule has 0 saturated carbocycles. The molecule has 5 nitrogen and oxygen atoms in total. The largest absolute Gasteiger partial charge is 0.462 e. The van der Waals surface area contributed by atoms with Gasteiger partial charge in [-0.1, -0.05) is 51.5 Å². The van der Waals surface area contributed by atoms with Crippen LogP contribution in [0.5, 0.6) is 0 Å². The number of esters is 1. The molecular formula is C24H26N2O3. The van der Waals surface area contributed by atoms with E-state index in [1.807, 2.05) is 37.3 Å². The summed E-state index contributed by atoms with van der Waals surface area (Å²) in [5.41, 5.74) is 2.90. The molecule has 0 heterocycles. The second-order valence-electron chi connectivity index (χ2n) is 7.01. The topological polar surface area (TPSA) is 79.2 Å². The van der Waals surface area contributed by atoms with Crippen molar-refractivity contribution in [2.45, 2.75) is 39.5 Å². The van der Waals surface area contributed by atoms with Crippen LogP contribution in [0.25, 0.3) is 6.08 Å². The van der Waals surface area contributed by atoms with Crippen molar-refractivity contribution < 1.29 is 14.3 Å². The highest BCUT2D eigenvalue weighted by atomic mass is 16.5. The van der Waals surface area contributed by atoms with Crippen LogP contribution in [0.1, 0.15) is 61.0 Å². The Morgan fingerprint density at radius 1 is 1.10 bits per heavy atom. The molecule has 0 saturated heterocycles. The number of unbranched alkanes of at least 4 members (excludes halogenated alkanes) is 1. The van der Waals surface area contributed by atoms with E-state index in [0.717, 1.165) is 18.4 Å². The smallest absolute Gasteiger partial charge is 0.338 e. The van der Waals surface area contributed by atoms with Gasteiger partial charge in [-0.15, -0.1) is 0 Å². The minimum atomic E-state index is -0.501. The molecule has 0 bridgehead atoms. The molecule has 1 amide bonds. The molecule has 0 fully saturated rings. The molecule has 0 aliphatic rings. The van der Waals surface area contributed by atoms with Crippen molar-refractivity contribution in [2.75, 3.05) is 11.9 Å². The molecule has 0 aliphatic carbocycles. The monoisotopic (exact) mass is 390 g/mol. The summed E-state index contributed by atoms with van der Waals surface area (Å²) in [6.45, 7) is 6.63. The second kappa shape index (κ2) is 10.8. The zero-order valence-electron chi connectivity index (χ0n) is 17.1. The van der Waals surface area contributed by atoms with Gasteiger partial charge in [0.1, 0.15) is 11.6 Å². The fourth-order valence-corrected chi connectivity index (χ4v) is 2.57. The van der Waals surface area contributed by atoms with Gasteiger partial charge in [0.05, 0.1) is 12.2 Å². The van der Waals surface area contributed by atoms with Gasteiger partial charge in [0.2, 0.25) is 0 Å². The molecule has 2 aromatic rings. The SMILES string of the molecule is CCCCOC(=O)c1ccc(NC(=O)/C(C#N)=C/c2ccc(C(C)C)cc2)cc1. The third-order valence-electron chi connectivity index (χ3n) is 4.39. The van der Waals surface area contributed by atoms with Crippen molar-refractivity contribution >= 4 is 23.6 Å². The average Bonchev–Trinajstić information content (AvgIpc) is 2.72. The normalized spacial score (nSPS) is 11.1. The molecule has 0 spiro atoms. The van der Waals surface area contributed by atoms with Crippen LogP contribution < -0.4 is 5.32 Å².